The molecule has 4 aliphatic carbocycles. The maximum Gasteiger partial charge on any atom is 0.0632 e. The normalized spacial score (nSPS) is 21.4. The molecule has 0 aliphatic heterocycles. The van der Waals surface area contributed by atoms with Crippen LogP contribution in [0.25, 0.3) is 33.7 Å². The first-order valence-corrected chi connectivity index (χ1v) is 18.3. The zero-order valence-corrected chi connectivity index (χ0v) is 28.4. The Bertz CT molecular complexity index is 2060. The Balaban J connectivity index is 1.33. The first-order valence-electron chi connectivity index (χ1n) is 18.3. The lowest BCUT2D eigenvalue weighted by atomic mass is 9.77. The van der Waals surface area contributed by atoms with Crippen LogP contribution in [0.1, 0.15) is 85.7 Å². The summed E-state index contributed by atoms with van der Waals surface area (Å²) in [6.45, 7) is 6.88. The van der Waals surface area contributed by atoms with Gasteiger partial charge >= 0.3 is 0 Å². The molecular weight excluding hydrogens is 579 g/mol. The summed E-state index contributed by atoms with van der Waals surface area (Å²) in [7, 11) is 0. The highest BCUT2D eigenvalue weighted by Gasteiger charge is 2.32. The van der Waals surface area contributed by atoms with Crippen LogP contribution >= 0.6 is 0 Å². The van der Waals surface area contributed by atoms with Crippen LogP contribution in [-0.2, 0) is 12.8 Å². The Hall–Kier alpha value is -4.62. The third-order valence-corrected chi connectivity index (χ3v) is 11.1. The molecule has 4 aliphatic rings. The van der Waals surface area contributed by atoms with Gasteiger partial charge in [0.1, 0.15) is 0 Å². The summed E-state index contributed by atoms with van der Waals surface area (Å²) in [5.74, 6) is 0.981. The van der Waals surface area contributed by atoms with Gasteiger partial charge in [-0.1, -0.05) is 121 Å². The van der Waals surface area contributed by atoms with Crippen molar-refractivity contribution in [2.45, 2.75) is 70.8 Å². The number of anilines is 1. The van der Waals surface area contributed by atoms with Gasteiger partial charge in [0, 0.05) is 17.0 Å². The molecule has 240 valence electrons. The van der Waals surface area contributed by atoms with E-state index in [2.05, 4.69) is 139 Å². The number of hydrogen-bond donors (Lipinski definition) is 0. The molecular formula is C47H47N. The number of hydrogen-bond acceptors (Lipinski definition) is 1. The van der Waals surface area contributed by atoms with Crippen LogP contribution in [0.5, 0.6) is 0 Å². The lowest BCUT2D eigenvalue weighted by molar-refractivity contribution is 0.468. The van der Waals surface area contributed by atoms with E-state index in [4.69, 9.17) is 6.58 Å². The van der Waals surface area contributed by atoms with Crippen molar-refractivity contribution < 1.29 is 0 Å². The van der Waals surface area contributed by atoms with Crippen molar-refractivity contribution in [2.75, 3.05) is 4.90 Å². The molecule has 4 aromatic rings. The van der Waals surface area contributed by atoms with Crippen molar-refractivity contribution in [3.63, 3.8) is 0 Å². The second kappa shape index (κ2) is 13.5. The van der Waals surface area contributed by atoms with Gasteiger partial charge in [-0.25, -0.2) is 0 Å². The second-order valence-electron chi connectivity index (χ2n) is 14.0. The molecule has 4 aromatic carbocycles. The summed E-state index contributed by atoms with van der Waals surface area (Å²) in [5, 5.41) is 5.41. The van der Waals surface area contributed by atoms with Gasteiger partial charge in [-0.05, 0) is 133 Å². The fraction of sp³-hybridized carbons (Fsp3) is 0.277. The van der Waals surface area contributed by atoms with Gasteiger partial charge in [0.25, 0.3) is 0 Å². The van der Waals surface area contributed by atoms with Gasteiger partial charge in [-0.3, -0.25) is 0 Å². The smallest absolute Gasteiger partial charge is 0.0632 e. The number of fused-ring (bicyclic) bond motifs is 4. The van der Waals surface area contributed by atoms with Gasteiger partial charge in [0.05, 0.1) is 11.7 Å². The molecule has 0 saturated carbocycles. The monoisotopic (exact) mass is 625 g/mol. The van der Waals surface area contributed by atoms with E-state index in [1.54, 1.807) is 0 Å². The standard InChI is InChI=1S/C47H47N/c1-3-16-34-17-9-11-24-39(34)33(2)29-30-42-41-26-13-14-27-43(41)47(45-32-37-20-8-7-19-36(37)31-44(42)45)48(38-22-5-4-6-23-38)46-28-15-21-35-18-10-12-25-40(35)46/h3,5,7-8,10-13,15-16,18-26,31-32,34,39,46H,2,4,6,9,14,17,27-30H2,1H3/b16-3-. The molecule has 0 aromatic heterocycles. The van der Waals surface area contributed by atoms with Gasteiger partial charge in [-0.15, -0.1) is 0 Å². The average molecular weight is 626 g/mol. The number of allylic oxidation sites excluding steroid dienone is 9. The van der Waals surface area contributed by atoms with Crippen molar-refractivity contribution in [1.82, 2.24) is 0 Å². The Morgan fingerprint density at radius 2 is 1.67 bits per heavy atom. The minimum absolute atomic E-state index is 0.233. The molecule has 0 amide bonds. The largest absolute Gasteiger partial charge is 0.333 e. The molecule has 1 nitrogen and oxygen atoms in total. The van der Waals surface area contributed by atoms with E-state index < -0.39 is 0 Å². The maximum atomic E-state index is 4.72. The van der Waals surface area contributed by atoms with Crippen molar-refractivity contribution in [3.05, 3.63) is 161 Å². The van der Waals surface area contributed by atoms with Crippen LogP contribution in [0.15, 0.2) is 133 Å². The van der Waals surface area contributed by atoms with Crippen molar-refractivity contribution >= 4 is 39.4 Å². The molecule has 8 rings (SSSR count). The summed E-state index contributed by atoms with van der Waals surface area (Å²) >= 11 is 0. The van der Waals surface area contributed by atoms with Gasteiger partial charge in [0.15, 0.2) is 0 Å². The Kier molecular flexibility index (Phi) is 8.62. The maximum absolute atomic E-state index is 4.72. The van der Waals surface area contributed by atoms with Gasteiger partial charge < -0.3 is 4.90 Å². The fourth-order valence-corrected chi connectivity index (χ4v) is 8.84. The predicted molar refractivity (Wildman–Crippen MR) is 208 cm³/mol. The molecule has 0 bridgehead atoms. The Morgan fingerprint density at radius 1 is 0.854 bits per heavy atom. The van der Waals surface area contributed by atoms with E-state index in [0.29, 0.717) is 11.8 Å². The third kappa shape index (κ3) is 5.64. The molecule has 3 unspecified atom stereocenters. The highest BCUT2D eigenvalue weighted by atomic mass is 15.2. The predicted octanol–water partition coefficient (Wildman–Crippen LogP) is 12.8. The fourth-order valence-electron chi connectivity index (χ4n) is 8.84. The summed E-state index contributed by atoms with van der Waals surface area (Å²) in [4.78, 5) is 2.74. The van der Waals surface area contributed by atoms with Gasteiger partial charge in [-0.2, -0.15) is 0 Å². The Morgan fingerprint density at radius 3 is 2.50 bits per heavy atom. The highest BCUT2D eigenvalue weighted by Crippen LogP contribution is 2.48. The molecule has 0 heterocycles. The van der Waals surface area contributed by atoms with E-state index in [9.17, 15) is 0 Å². The summed E-state index contributed by atoms with van der Waals surface area (Å²) in [6.07, 6.45) is 36.0. The second-order valence-corrected chi connectivity index (χ2v) is 14.0. The van der Waals surface area contributed by atoms with Crippen LogP contribution in [-0.4, -0.2) is 0 Å². The summed E-state index contributed by atoms with van der Waals surface area (Å²) < 4.78 is 0. The van der Waals surface area contributed by atoms with E-state index >= 15 is 0 Å². The van der Waals surface area contributed by atoms with E-state index in [-0.39, 0.29) is 6.04 Å². The number of benzene rings is 4. The minimum Gasteiger partial charge on any atom is -0.333 e. The van der Waals surface area contributed by atoms with Crippen LogP contribution in [0.4, 0.5) is 5.69 Å². The lowest BCUT2D eigenvalue weighted by Gasteiger charge is -2.40. The first-order chi connectivity index (χ1) is 23.7. The highest BCUT2D eigenvalue weighted by molar-refractivity contribution is 6.09. The quantitative estimate of drug-likeness (QED) is 0.139. The van der Waals surface area contributed by atoms with E-state index in [0.717, 1.165) is 44.9 Å². The van der Waals surface area contributed by atoms with Crippen LogP contribution in [0.2, 0.25) is 0 Å². The Labute approximate surface area is 287 Å². The average Bonchev–Trinajstić information content (AvgIpc) is 3.14. The third-order valence-electron chi connectivity index (χ3n) is 11.1. The minimum atomic E-state index is 0.233. The zero-order chi connectivity index (χ0) is 32.5. The molecule has 0 N–H and O–H groups in total. The van der Waals surface area contributed by atoms with Crippen molar-refractivity contribution in [1.29, 1.82) is 0 Å². The number of nitrogens with zero attached hydrogens (tertiary/aromatic N) is 1. The molecule has 0 spiro atoms. The summed E-state index contributed by atoms with van der Waals surface area (Å²) in [6, 6.07) is 23.2. The zero-order valence-electron chi connectivity index (χ0n) is 28.4. The molecule has 0 fully saturated rings. The van der Waals surface area contributed by atoms with Crippen molar-refractivity contribution in [3.8, 4) is 0 Å². The van der Waals surface area contributed by atoms with E-state index in [1.165, 1.54) is 79.2 Å². The van der Waals surface area contributed by atoms with Crippen LogP contribution in [0, 0.1) is 11.8 Å². The molecule has 0 radical (unpaired) electrons. The molecule has 0 saturated heterocycles. The topological polar surface area (TPSA) is 3.24 Å². The SMILES string of the molecule is C=C(CCc1c2c(c(N(C3=CCCC=C3)C3CC=Cc4ccccc43)c3cc4ccccc4cc13)CCC=C2)C1C=CCCC1/C=C\C. The van der Waals surface area contributed by atoms with Gasteiger partial charge in [0.2, 0.25) is 0 Å². The van der Waals surface area contributed by atoms with E-state index in [1.807, 2.05) is 0 Å². The lowest BCUT2D eigenvalue weighted by Crippen LogP contribution is -2.31. The van der Waals surface area contributed by atoms with Crippen molar-refractivity contribution in [2.24, 2.45) is 11.8 Å². The van der Waals surface area contributed by atoms with Crippen LogP contribution < -0.4 is 4.90 Å². The number of aryl methyl sites for hydroxylation is 1. The molecule has 3 atom stereocenters. The summed E-state index contributed by atoms with van der Waals surface area (Å²) in [5.41, 5.74) is 11.3. The number of rotatable bonds is 8. The van der Waals surface area contributed by atoms with Crippen LogP contribution in [0.3, 0.4) is 0 Å². The molecule has 48 heavy (non-hydrogen) atoms. The molecule has 1 heteroatoms. The first kappa shape index (κ1) is 30.7.